The van der Waals surface area contributed by atoms with Crippen LogP contribution in [0, 0.1) is 0 Å². The van der Waals surface area contributed by atoms with Crippen LogP contribution in [0.4, 0.5) is 0 Å². The van der Waals surface area contributed by atoms with E-state index in [4.69, 9.17) is 9.79 Å². The molecule has 0 unspecified atom stereocenters. The first kappa shape index (κ1) is 8.83. The van der Waals surface area contributed by atoms with Crippen LogP contribution in [0.3, 0.4) is 0 Å². The van der Waals surface area contributed by atoms with Gasteiger partial charge >= 0.3 is 0 Å². The Balaban J connectivity index is 4.00. The first-order valence-electron chi connectivity index (χ1n) is 2.55. The standard InChI is InChI=1S/C6H11O2P/c1-5(2)4-6(3)9(7)8/h4,7-8H,1H2,2-3H3/b6-4-. The van der Waals surface area contributed by atoms with Crippen LogP contribution in [0.5, 0.6) is 0 Å². The van der Waals surface area contributed by atoms with Gasteiger partial charge in [-0.2, -0.15) is 0 Å². The Morgan fingerprint density at radius 1 is 1.44 bits per heavy atom. The van der Waals surface area contributed by atoms with Gasteiger partial charge in [-0.3, -0.25) is 0 Å². The highest BCUT2D eigenvalue weighted by atomic mass is 31.2. The summed E-state index contributed by atoms with van der Waals surface area (Å²) in [4.78, 5) is 17.2. The van der Waals surface area contributed by atoms with Gasteiger partial charge in [-0.05, 0) is 13.8 Å². The Bertz CT molecular complexity index is 138. The second-order valence-corrected chi connectivity index (χ2v) is 3.21. The van der Waals surface area contributed by atoms with Crippen molar-refractivity contribution in [3.63, 3.8) is 0 Å². The Kier molecular flexibility index (Phi) is 3.71. The van der Waals surface area contributed by atoms with Gasteiger partial charge in [0.25, 0.3) is 0 Å². The normalized spacial score (nSPS) is 12.3. The Morgan fingerprint density at radius 3 is 2.00 bits per heavy atom. The van der Waals surface area contributed by atoms with Gasteiger partial charge in [0.1, 0.15) is 0 Å². The fraction of sp³-hybridized carbons (Fsp3) is 0.333. The highest BCUT2D eigenvalue weighted by molar-refractivity contribution is 7.49. The van der Waals surface area contributed by atoms with E-state index in [1.54, 1.807) is 13.0 Å². The third-order valence-corrected chi connectivity index (χ3v) is 1.53. The maximum atomic E-state index is 8.58. The monoisotopic (exact) mass is 146 g/mol. The van der Waals surface area contributed by atoms with Crippen LogP contribution in [-0.4, -0.2) is 9.79 Å². The molecule has 0 bridgehead atoms. The number of rotatable bonds is 2. The smallest absolute Gasteiger partial charge is 0.194 e. The number of allylic oxidation sites excluding steroid dienone is 3. The van der Waals surface area contributed by atoms with E-state index in [0.717, 1.165) is 5.57 Å². The van der Waals surface area contributed by atoms with Crippen LogP contribution in [0.25, 0.3) is 0 Å². The molecule has 0 aromatic rings. The van der Waals surface area contributed by atoms with Gasteiger partial charge in [0, 0.05) is 5.31 Å². The maximum Gasteiger partial charge on any atom is 0.194 e. The first-order chi connectivity index (χ1) is 4.04. The lowest BCUT2D eigenvalue weighted by Gasteiger charge is -1.99. The van der Waals surface area contributed by atoms with E-state index in [1.165, 1.54) is 0 Å². The molecule has 0 heterocycles. The quantitative estimate of drug-likeness (QED) is 0.460. The third-order valence-electron chi connectivity index (χ3n) is 0.771. The van der Waals surface area contributed by atoms with Gasteiger partial charge < -0.3 is 9.79 Å². The van der Waals surface area contributed by atoms with Crippen molar-refractivity contribution in [2.24, 2.45) is 0 Å². The minimum Gasteiger partial charge on any atom is -0.347 e. The van der Waals surface area contributed by atoms with E-state index >= 15 is 0 Å². The van der Waals surface area contributed by atoms with Crippen molar-refractivity contribution in [1.82, 2.24) is 0 Å². The molecule has 3 heteroatoms. The molecule has 0 aliphatic heterocycles. The van der Waals surface area contributed by atoms with Crippen molar-refractivity contribution in [3.05, 3.63) is 23.5 Å². The fourth-order valence-corrected chi connectivity index (χ4v) is 0.750. The summed E-state index contributed by atoms with van der Waals surface area (Å²) < 4.78 is 0. The highest BCUT2D eigenvalue weighted by Crippen LogP contribution is 2.34. The van der Waals surface area contributed by atoms with Crippen LogP contribution in [-0.2, 0) is 0 Å². The van der Waals surface area contributed by atoms with Gasteiger partial charge in [0.2, 0.25) is 0 Å². The van der Waals surface area contributed by atoms with E-state index in [2.05, 4.69) is 6.58 Å². The van der Waals surface area contributed by atoms with E-state index in [0.29, 0.717) is 5.31 Å². The van der Waals surface area contributed by atoms with Crippen molar-refractivity contribution in [2.45, 2.75) is 13.8 Å². The Labute approximate surface area is 56.4 Å². The predicted molar refractivity (Wildman–Crippen MR) is 39.9 cm³/mol. The Morgan fingerprint density at radius 2 is 1.89 bits per heavy atom. The Hall–Kier alpha value is -0.170. The summed E-state index contributed by atoms with van der Waals surface area (Å²) in [6.07, 6.45) is 1.66. The largest absolute Gasteiger partial charge is 0.347 e. The minimum atomic E-state index is -1.89. The molecular weight excluding hydrogens is 135 g/mol. The zero-order valence-electron chi connectivity index (χ0n) is 5.63. The first-order valence-corrected chi connectivity index (χ1v) is 3.80. The van der Waals surface area contributed by atoms with E-state index in [-0.39, 0.29) is 0 Å². The minimum absolute atomic E-state index is 0.581. The zero-order valence-corrected chi connectivity index (χ0v) is 6.52. The molecule has 0 spiro atoms. The summed E-state index contributed by atoms with van der Waals surface area (Å²) in [6, 6.07) is 0. The molecule has 52 valence electrons. The van der Waals surface area contributed by atoms with Gasteiger partial charge in [0.15, 0.2) is 8.38 Å². The van der Waals surface area contributed by atoms with Crippen molar-refractivity contribution < 1.29 is 9.79 Å². The SMILES string of the molecule is C=C(C)/C=C(/C)P(O)O. The predicted octanol–water partition coefficient (Wildman–Crippen LogP) is 1.76. The van der Waals surface area contributed by atoms with Crippen LogP contribution in [0.1, 0.15) is 13.8 Å². The van der Waals surface area contributed by atoms with Crippen molar-refractivity contribution >= 4 is 8.38 Å². The summed E-state index contributed by atoms with van der Waals surface area (Å²) in [5.41, 5.74) is 0.836. The molecule has 0 fully saturated rings. The summed E-state index contributed by atoms with van der Waals surface area (Å²) in [5, 5.41) is 0.581. The molecule has 2 N–H and O–H groups in total. The summed E-state index contributed by atoms with van der Waals surface area (Å²) in [6.45, 7) is 7.06. The lowest BCUT2D eigenvalue weighted by atomic mass is 10.3. The van der Waals surface area contributed by atoms with Crippen LogP contribution >= 0.6 is 8.38 Å². The summed E-state index contributed by atoms with van der Waals surface area (Å²) in [7, 11) is -1.89. The van der Waals surface area contributed by atoms with E-state index in [1.807, 2.05) is 6.92 Å². The zero-order chi connectivity index (χ0) is 7.44. The van der Waals surface area contributed by atoms with Gasteiger partial charge in [-0.25, -0.2) is 0 Å². The molecule has 2 nitrogen and oxygen atoms in total. The van der Waals surface area contributed by atoms with Gasteiger partial charge in [0.05, 0.1) is 0 Å². The van der Waals surface area contributed by atoms with Crippen molar-refractivity contribution in [3.8, 4) is 0 Å². The molecule has 0 amide bonds. The van der Waals surface area contributed by atoms with Crippen molar-refractivity contribution in [1.29, 1.82) is 0 Å². The van der Waals surface area contributed by atoms with Gasteiger partial charge in [-0.15, -0.1) is 0 Å². The molecule has 9 heavy (non-hydrogen) atoms. The highest BCUT2D eigenvalue weighted by Gasteiger charge is 1.98. The fourth-order valence-electron chi connectivity index (χ4n) is 0.414. The maximum absolute atomic E-state index is 8.58. The van der Waals surface area contributed by atoms with Crippen molar-refractivity contribution in [2.75, 3.05) is 0 Å². The lowest BCUT2D eigenvalue weighted by Crippen LogP contribution is -1.73. The second-order valence-electron chi connectivity index (χ2n) is 1.92. The molecule has 0 atom stereocenters. The molecule has 0 saturated heterocycles. The van der Waals surface area contributed by atoms with Crippen LogP contribution < -0.4 is 0 Å². The molecule has 0 radical (unpaired) electrons. The molecular formula is C6H11O2P. The summed E-state index contributed by atoms with van der Waals surface area (Å²) >= 11 is 0. The third kappa shape index (κ3) is 4.34. The molecule has 0 aromatic carbocycles. The van der Waals surface area contributed by atoms with Gasteiger partial charge in [-0.1, -0.05) is 18.2 Å². The van der Waals surface area contributed by atoms with Crippen LogP contribution in [0.2, 0.25) is 0 Å². The molecule has 0 aliphatic rings. The molecule has 0 aliphatic carbocycles. The topological polar surface area (TPSA) is 40.5 Å². The molecule has 0 aromatic heterocycles. The molecule has 0 rings (SSSR count). The number of hydrogen-bond donors (Lipinski definition) is 2. The average Bonchev–Trinajstić information content (AvgIpc) is 1.63. The molecule has 0 saturated carbocycles. The lowest BCUT2D eigenvalue weighted by molar-refractivity contribution is 0.492. The van der Waals surface area contributed by atoms with Crippen LogP contribution in [0.15, 0.2) is 23.5 Å². The second kappa shape index (κ2) is 3.78. The average molecular weight is 146 g/mol. The van der Waals surface area contributed by atoms with E-state index in [9.17, 15) is 0 Å². The summed E-state index contributed by atoms with van der Waals surface area (Å²) in [5.74, 6) is 0. The number of hydrogen-bond acceptors (Lipinski definition) is 2. The van der Waals surface area contributed by atoms with E-state index < -0.39 is 8.38 Å².